The van der Waals surface area contributed by atoms with E-state index in [4.69, 9.17) is 0 Å². The third-order valence-corrected chi connectivity index (χ3v) is 4.00. The Morgan fingerprint density at radius 3 is 2.35 bits per heavy atom. The predicted octanol–water partition coefficient (Wildman–Crippen LogP) is 3.42. The van der Waals surface area contributed by atoms with Crippen molar-refractivity contribution >= 4 is 27.6 Å². The lowest BCUT2D eigenvalue weighted by Crippen LogP contribution is -2.22. The Bertz CT molecular complexity index is 1050. The van der Waals surface area contributed by atoms with Crippen LogP contribution in [0.3, 0.4) is 0 Å². The average Bonchev–Trinajstić information content (AvgIpc) is 2.60. The number of para-hydroxylation sites is 1. The van der Waals surface area contributed by atoms with Crippen LogP contribution in [-0.4, -0.2) is 11.0 Å². The lowest BCUT2D eigenvalue weighted by atomic mass is 9.99. The molecule has 3 aromatic carbocycles. The summed E-state index contributed by atoms with van der Waals surface area (Å²) in [4.78, 5) is 16.2. The number of pyridine rings is 1. The zero-order valence-electron chi connectivity index (χ0n) is 12.2. The van der Waals surface area contributed by atoms with Crippen LogP contribution in [0.1, 0.15) is 10.4 Å². The van der Waals surface area contributed by atoms with Gasteiger partial charge in [0, 0.05) is 16.5 Å². The normalized spacial score (nSPS) is 11.0. The minimum Gasteiger partial charge on any atom is -0.545 e. The average molecular weight is 298 g/mol. The Hall–Kier alpha value is -3.20. The second-order valence-corrected chi connectivity index (χ2v) is 5.39. The van der Waals surface area contributed by atoms with E-state index >= 15 is 0 Å². The highest BCUT2D eigenvalue weighted by molar-refractivity contribution is 6.04. The molecular weight excluding hydrogens is 286 g/mol. The number of nitrogens with zero attached hydrogens (tertiary/aromatic N) is 1. The summed E-state index contributed by atoms with van der Waals surface area (Å²) in [5.41, 5.74) is 2.37. The van der Waals surface area contributed by atoms with Crippen LogP contribution in [0.15, 0.2) is 72.8 Å². The van der Waals surface area contributed by atoms with Gasteiger partial charge in [-0.15, -0.1) is 0 Å². The lowest BCUT2D eigenvalue weighted by Gasteiger charge is -2.12. The van der Waals surface area contributed by atoms with Gasteiger partial charge in [0.05, 0.1) is 17.2 Å². The zero-order chi connectivity index (χ0) is 15.8. The first-order valence-electron chi connectivity index (χ1n) is 7.33. The number of aromatic carboxylic acids is 1. The maximum Gasteiger partial charge on any atom is 0.0722 e. The Morgan fingerprint density at radius 2 is 1.52 bits per heavy atom. The van der Waals surface area contributed by atoms with Gasteiger partial charge >= 0.3 is 0 Å². The summed E-state index contributed by atoms with van der Waals surface area (Å²) in [6.45, 7) is 0. The standard InChI is InChI=1S/C20H13NO2/c22-20(23)17-12-19(21-18-11-4-3-9-16(17)18)15-10-5-7-13-6-1-2-8-14(13)15/h1-12H,(H,22,23)/p-1. The van der Waals surface area contributed by atoms with E-state index in [1.807, 2.05) is 54.6 Å². The lowest BCUT2D eigenvalue weighted by molar-refractivity contribution is -0.254. The molecule has 0 aliphatic rings. The molecule has 3 nitrogen and oxygen atoms in total. The first kappa shape index (κ1) is 13.5. The molecule has 0 amide bonds. The Balaban J connectivity index is 2.07. The van der Waals surface area contributed by atoms with Crippen LogP contribution in [0, 0.1) is 0 Å². The molecule has 0 saturated carbocycles. The second kappa shape index (κ2) is 5.21. The molecule has 0 aliphatic carbocycles. The van der Waals surface area contributed by atoms with Crippen molar-refractivity contribution in [2.75, 3.05) is 0 Å². The summed E-state index contributed by atoms with van der Waals surface area (Å²) in [6, 6.07) is 22.7. The molecule has 4 rings (SSSR count). The van der Waals surface area contributed by atoms with Crippen LogP contribution < -0.4 is 5.11 Å². The maximum atomic E-state index is 11.5. The predicted molar refractivity (Wildman–Crippen MR) is 89.0 cm³/mol. The molecule has 0 spiro atoms. The quantitative estimate of drug-likeness (QED) is 0.570. The van der Waals surface area contributed by atoms with Gasteiger partial charge in [0.25, 0.3) is 0 Å². The van der Waals surface area contributed by atoms with Crippen molar-refractivity contribution in [3.05, 3.63) is 78.4 Å². The van der Waals surface area contributed by atoms with E-state index in [9.17, 15) is 9.90 Å². The van der Waals surface area contributed by atoms with Gasteiger partial charge in [-0.3, -0.25) is 0 Å². The molecule has 1 heterocycles. The summed E-state index contributed by atoms with van der Waals surface area (Å²) in [5.74, 6) is -1.19. The summed E-state index contributed by atoms with van der Waals surface area (Å²) in [5, 5.41) is 14.3. The molecule has 4 aromatic rings. The van der Waals surface area contributed by atoms with E-state index in [1.54, 1.807) is 18.2 Å². The van der Waals surface area contributed by atoms with Crippen molar-refractivity contribution in [3.63, 3.8) is 0 Å². The first-order valence-corrected chi connectivity index (χ1v) is 7.33. The van der Waals surface area contributed by atoms with E-state index in [2.05, 4.69) is 4.98 Å². The fourth-order valence-corrected chi connectivity index (χ4v) is 2.93. The molecule has 0 bridgehead atoms. The van der Waals surface area contributed by atoms with Crippen LogP contribution >= 0.6 is 0 Å². The number of carbonyl (C=O) groups is 1. The monoisotopic (exact) mass is 298 g/mol. The van der Waals surface area contributed by atoms with Crippen molar-refractivity contribution in [2.45, 2.75) is 0 Å². The highest BCUT2D eigenvalue weighted by Crippen LogP contribution is 2.30. The molecular formula is C20H12NO2-. The first-order chi connectivity index (χ1) is 11.2. The van der Waals surface area contributed by atoms with Gasteiger partial charge in [-0.1, -0.05) is 60.7 Å². The van der Waals surface area contributed by atoms with Crippen LogP contribution in [0.25, 0.3) is 32.9 Å². The van der Waals surface area contributed by atoms with Gasteiger partial charge in [0.1, 0.15) is 0 Å². The number of aromatic nitrogens is 1. The number of carbonyl (C=O) groups excluding carboxylic acids is 1. The molecule has 0 fully saturated rings. The van der Waals surface area contributed by atoms with Gasteiger partial charge in [0.15, 0.2) is 0 Å². The number of rotatable bonds is 2. The molecule has 0 aliphatic heterocycles. The number of hydrogen-bond acceptors (Lipinski definition) is 3. The highest BCUT2D eigenvalue weighted by Gasteiger charge is 2.10. The topological polar surface area (TPSA) is 53.0 Å². The largest absolute Gasteiger partial charge is 0.545 e. The zero-order valence-corrected chi connectivity index (χ0v) is 12.2. The molecule has 110 valence electrons. The number of fused-ring (bicyclic) bond motifs is 2. The van der Waals surface area contributed by atoms with E-state index in [0.717, 1.165) is 16.3 Å². The van der Waals surface area contributed by atoms with Crippen molar-refractivity contribution in [2.24, 2.45) is 0 Å². The van der Waals surface area contributed by atoms with Gasteiger partial charge in [-0.2, -0.15) is 0 Å². The number of carboxylic acid groups (broad SMARTS) is 1. The summed E-state index contributed by atoms with van der Waals surface area (Å²) >= 11 is 0. The van der Waals surface area contributed by atoms with E-state index in [-0.39, 0.29) is 5.56 Å². The molecule has 0 radical (unpaired) electrons. The fourth-order valence-electron chi connectivity index (χ4n) is 2.93. The smallest absolute Gasteiger partial charge is 0.0722 e. The summed E-state index contributed by atoms with van der Waals surface area (Å²) in [6.07, 6.45) is 0. The highest BCUT2D eigenvalue weighted by atomic mass is 16.4. The van der Waals surface area contributed by atoms with E-state index in [0.29, 0.717) is 16.6 Å². The molecule has 0 saturated heterocycles. The molecule has 0 unspecified atom stereocenters. The fraction of sp³-hybridized carbons (Fsp3) is 0. The Kier molecular flexibility index (Phi) is 3.05. The third kappa shape index (κ3) is 2.23. The minimum absolute atomic E-state index is 0.165. The molecule has 3 heteroatoms. The number of carboxylic acids is 1. The van der Waals surface area contributed by atoms with Gasteiger partial charge in [0.2, 0.25) is 0 Å². The van der Waals surface area contributed by atoms with Crippen molar-refractivity contribution in [1.82, 2.24) is 4.98 Å². The van der Waals surface area contributed by atoms with Crippen LogP contribution in [0.4, 0.5) is 0 Å². The maximum absolute atomic E-state index is 11.5. The third-order valence-electron chi connectivity index (χ3n) is 4.00. The molecule has 1 aromatic heterocycles. The van der Waals surface area contributed by atoms with Crippen molar-refractivity contribution in [3.8, 4) is 11.3 Å². The van der Waals surface area contributed by atoms with Gasteiger partial charge < -0.3 is 9.90 Å². The van der Waals surface area contributed by atoms with Gasteiger partial charge in [-0.25, -0.2) is 4.98 Å². The summed E-state index contributed by atoms with van der Waals surface area (Å²) < 4.78 is 0. The number of benzene rings is 3. The van der Waals surface area contributed by atoms with Crippen LogP contribution in [-0.2, 0) is 0 Å². The van der Waals surface area contributed by atoms with Crippen LogP contribution in [0.5, 0.6) is 0 Å². The number of hydrogen-bond donors (Lipinski definition) is 0. The summed E-state index contributed by atoms with van der Waals surface area (Å²) in [7, 11) is 0. The Labute approximate surface area is 132 Å². The van der Waals surface area contributed by atoms with Crippen LogP contribution in [0.2, 0.25) is 0 Å². The van der Waals surface area contributed by atoms with Gasteiger partial charge in [-0.05, 0) is 22.9 Å². The Morgan fingerprint density at radius 1 is 0.826 bits per heavy atom. The van der Waals surface area contributed by atoms with E-state index < -0.39 is 5.97 Å². The molecule has 0 N–H and O–H groups in total. The van der Waals surface area contributed by atoms with E-state index in [1.165, 1.54) is 0 Å². The molecule has 23 heavy (non-hydrogen) atoms. The second-order valence-electron chi connectivity index (χ2n) is 5.39. The van der Waals surface area contributed by atoms with Crippen molar-refractivity contribution in [1.29, 1.82) is 0 Å². The SMILES string of the molecule is O=C([O-])c1cc(-c2cccc3ccccc23)nc2ccccc12. The minimum atomic E-state index is -1.19. The molecule has 0 atom stereocenters. The van der Waals surface area contributed by atoms with Crippen molar-refractivity contribution < 1.29 is 9.90 Å².